The van der Waals surface area contributed by atoms with E-state index in [0.29, 0.717) is 11.3 Å². The molecule has 0 aliphatic rings. The number of alkyl halides is 1. The van der Waals surface area contributed by atoms with Gasteiger partial charge in [0, 0.05) is 0 Å². The van der Waals surface area contributed by atoms with Gasteiger partial charge in [-0.15, -0.1) is 0 Å². The van der Waals surface area contributed by atoms with Gasteiger partial charge in [-0.1, -0.05) is 47.5 Å². The Morgan fingerprint density at radius 2 is 1.86 bits per heavy atom. The highest BCUT2D eigenvalue weighted by molar-refractivity contribution is 9.11. The van der Waals surface area contributed by atoms with Crippen molar-refractivity contribution in [1.29, 1.82) is 0 Å². The van der Waals surface area contributed by atoms with E-state index < -0.39 is 14.0 Å². The van der Waals surface area contributed by atoms with Crippen LogP contribution < -0.4 is 0 Å². The molecule has 0 aromatic heterocycles. The number of rotatable bonds is 4. The molecule has 0 fully saturated rings. The Balaban J connectivity index is 2.97. The van der Waals surface area contributed by atoms with Gasteiger partial charge in [0.25, 0.3) is 0 Å². The van der Waals surface area contributed by atoms with Crippen molar-refractivity contribution in [3.63, 3.8) is 0 Å². The molecule has 1 aromatic carbocycles. The van der Waals surface area contributed by atoms with Gasteiger partial charge in [-0.05, 0) is 18.6 Å². The highest BCUT2D eigenvalue weighted by atomic mass is 79.9. The van der Waals surface area contributed by atoms with Gasteiger partial charge in [0.2, 0.25) is 0 Å². The fourth-order valence-corrected chi connectivity index (χ4v) is 3.62. The fraction of sp³-hybridized carbons (Fsp3) is 0.400. The van der Waals surface area contributed by atoms with Crippen molar-refractivity contribution >= 4 is 25.8 Å². The summed E-state index contributed by atoms with van der Waals surface area (Å²) in [6, 6.07) is 8.53. The van der Waals surface area contributed by atoms with Crippen LogP contribution in [0.15, 0.2) is 35.2 Å². The highest BCUT2D eigenvalue weighted by Gasteiger charge is 2.23. The molecule has 0 N–H and O–H groups in total. The zero-order valence-electron chi connectivity index (χ0n) is 7.98. The lowest BCUT2D eigenvalue weighted by Gasteiger charge is -2.09. The normalized spacial score (nSPS) is 13.9. The molecule has 78 valence electrons. The standard InChI is InChI=1S/C10H13BrO2S/c1-2-6-10(11)14(12,13)9-7-4-3-5-8-9/h3-5,7-8,10H,2,6H2,1H3. The number of halogens is 1. The minimum atomic E-state index is -3.18. The topological polar surface area (TPSA) is 34.1 Å². The second-order valence-electron chi connectivity index (χ2n) is 3.06. The summed E-state index contributed by atoms with van der Waals surface area (Å²) >= 11 is 3.21. The van der Waals surface area contributed by atoms with Crippen molar-refractivity contribution in [2.45, 2.75) is 28.8 Å². The van der Waals surface area contributed by atoms with E-state index in [2.05, 4.69) is 15.9 Å². The minimum Gasteiger partial charge on any atom is -0.223 e. The molecule has 1 unspecified atom stereocenters. The van der Waals surface area contributed by atoms with Gasteiger partial charge in [0.15, 0.2) is 9.84 Å². The van der Waals surface area contributed by atoms with Gasteiger partial charge in [-0.3, -0.25) is 0 Å². The number of hydrogen-bond acceptors (Lipinski definition) is 2. The molecule has 1 atom stereocenters. The maximum absolute atomic E-state index is 11.9. The summed E-state index contributed by atoms with van der Waals surface area (Å²) in [5.74, 6) is 0. The van der Waals surface area contributed by atoms with Crippen LogP contribution in [0.5, 0.6) is 0 Å². The van der Waals surface area contributed by atoms with Crippen LogP contribution in [0.25, 0.3) is 0 Å². The third-order valence-electron chi connectivity index (χ3n) is 1.92. The first-order valence-electron chi connectivity index (χ1n) is 4.52. The Morgan fingerprint density at radius 3 is 2.36 bits per heavy atom. The number of benzene rings is 1. The Labute approximate surface area is 93.4 Å². The third kappa shape index (κ3) is 2.58. The smallest absolute Gasteiger partial charge is 0.191 e. The predicted octanol–water partition coefficient (Wildman–Crippen LogP) is 2.98. The predicted molar refractivity (Wildman–Crippen MR) is 61.3 cm³/mol. The first-order valence-corrected chi connectivity index (χ1v) is 6.98. The van der Waals surface area contributed by atoms with Crippen molar-refractivity contribution in [2.24, 2.45) is 0 Å². The molecule has 0 heterocycles. The summed E-state index contributed by atoms with van der Waals surface area (Å²) < 4.78 is 23.3. The van der Waals surface area contributed by atoms with Crippen LogP contribution in [-0.4, -0.2) is 12.6 Å². The molecule has 0 aliphatic carbocycles. The van der Waals surface area contributed by atoms with Crippen LogP contribution in [0, 0.1) is 0 Å². The molecule has 0 radical (unpaired) electrons. The number of hydrogen-bond donors (Lipinski definition) is 0. The average molecular weight is 277 g/mol. The lowest BCUT2D eigenvalue weighted by atomic mass is 10.4. The lowest BCUT2D eigenvalue weighted by molar-refractivity contribution is 0.590. The molecule has 1 rings (SSSR count). The van der Waals surface area contributed by atoms with Gasteiger partial charge in [-0.2, -0.15) is 0 Å². The van der Waals surface area contributed by atoms with Crippen LogP contribution >= 0.6 is 15.9 Å². The van der Waals surface area contributed by atoms with E-state index in [-0.39, 0.29) is 0 Å². The van der Waals surface area contributed by atoms with E-state index in [1.165, 1.54) is 0 Å². The van der Waals surface area contributed by atoms with Crippen molar-refractivity contribution in [3.05, 3.63) is 30.3 Å². The minimum absolute atomic E-state index is 0.385. The van der Waals surface area contributed by atoms with E-state index in [1.54, 1.807) is 24.3 Å². The summed E-state index contributed by atoms with van der Waals surface area (Å²) in [6.45, 7) is 1.97. The van der Waals surface area contributed by atoms with E-state index >= 15 is 0 Å². The van der Waals surface area contributed by atoms with E-state index in [0.717, 1.165) is 6.42 Å². The zero-order valence-corrected chi connectivity index (χ0v) is 10.4. The van der Waals surface area contributed by atoms with E-state index in [9.17, 15) is 8.42 Å². The quantitative estimate of drug-likeness (QED) is 0.793. The molecule has 1 aromatic rings. The van der Waals surface area contributed by atoms with Crippen LogP contribution in [0.4, 0.5) is 0 Å². The largest absolute Gasteiger partial charge is 0.223 e. The van der Waals surface area contributed by atoms with Crippen LogP contribution in [-0.2, 0) is 9.84 Å². The van der Waals surface area contributed by atoms with Crippen molar-refractivity contribution < 1.29 is 8.42 Å². The molecule has 4 heteroatoms. The first kappa shape index (κ1) is 11.7. The lowest BCUT2D eigenvalue weighted by Crippen LogP contribution is -2.14. The Morgan fingerprint density at radius 1 is 1.29 bits per heavy atom. The average Bonchev–Trinajstić information content (AvgIpc) is 2.19. The maximum Gasteiger partial charge on any atom is 0.191 e. The van der Waals surface area contributed by atoms with Gasteiger partial charge in [0.1, 0.15) is 4.16 Å². The van der Waals surface area contributed by atoms with Crippen molar-refractivity contribution in [3.8, 4) is 0 Å². The molecule has 0 amide bonds. The summed E-state index contributed by atoms with van der Waals surface area (Å²) in [5, 5.41) is 0. The first-order chi connectivity index (χ1) is 6.59. The SMILES string of the molecule is CCCC(Br)S(=O)(=O)c1ccccc1. The van der Waals surface area contributed by atoms with Gasteiger partial charge < -0.3 is 0 Å². The van der Waals surface area contributed by atoms with E-state index in [1.807, 2.05) is 13.0 Å². The van der Waals surface area contributed by atoms with Gasteiger partial charge >= 0.3 is 0 Å². The molecule has 0 bridgehead atoms. The van der Waals surface area contributed by atoms with Gasteiger partial charge in [-0.25, -0.2) is 8.42 Å². The van der Waals surface area contributed by atoms with E-state index in [4.69, 9.17) is 0 Å². The zero-order chi connectivity index (χ0) is 10.6. The van der Waals surface area contributed by atoms with Crippen molar-refractivity contribution in [2.75, 3.05) is 0 Å². The van der Waals surface area contributed by atoms with Gasteiger partial charge in [0.05, 0.1) is 4.90 Å². The molecule has 0 saturated carbocycles. The molecule has 14 heavy (non-hydrogen) atoms. The number of sulfone groups is 1. The second-order valence-corrected chi connectivity index (χ2v) is 6.90. The summed E-state index contributed by atoms with van der Waals surface area (Å²) in [5.41, 5.74) is 0. The highest BCUT2D eigenvalue weighted by Crippen LogP contribution is 2.23. The molecular weight excluding hydrogens is 264 g/mol. The molecular formula is C10H13BrO2S. The fourth-order valence-electron chi connectivity index (χ4n) is 1.14. The van der Waals surface area contributed by atoms with Crippen LogP contribution in [0.3, 0.4) is 0 Å². The van der Waals surface area contributed by atoms with Crippen LogP contribution in [0.1, 0.15) is 19.8 Å². The third-order valence-corrected chi connectivity index (χ3v) is 5.70. The second kappa shape index (κ2) is 4.94. The Kier molecular flexibility index (Phi) is 4.13. The summed E-state index contributed by atoms with van der Waals surface area (Å²) in [7, 11) is -3.18. The summed E-state index contributed by atoms with van der Waals surface area (Å²) in [4.78, 5) is 0.385. The monoisotopic (exact) mass is 276 g/mol. The molecule has 2 nitrogen and oxygen atoms in total. The Bertz CT molecular complexity index is 372. The molecule has 0 saturated heterocycles. The molecule has 0 aliphatic heterocycles. The molecule has 0 spiro atoms. The Hall–Kier alpha value is -0.350. The van der Waals surface area contributed by atoms with Crippen molar-refractivity contribution in [1.82, 2.24) is 0 Å². The summed E-state index contributed by atoms with van der Waals surface area (Å²) in [6.07, 6.45) is 1.49. The maximum atomic E-state index is 11.9. The van der Waals surface area contributed by atoms with Crippen LogP contribution in [0.2, 0.25) is 0 Å².